The van der Waals surface area contributed by atoms with Gasteiger partial charge in [0.15, 0.2) is 11.5 Å². The molecule has 2 aromatic carbocycles. The van der Waals surface area contributed by atoms with E-state index < -0.39 is 12.0 Å². The molecule has 0 fully saturated rings. The molecule has 0 aliphatic heterocycles. The third kappa shape index (κ3) is 4.94. The van der Waals surface area contributed by atoms with Crippen LogP contribution in [0.4, 0.5) is 10.5 Å². The molecule has 2 aromatic rings. The molecule has 7 heteroatoms. The van der Waals surface area contributed by atoms with Gasteiger partial charge in [-0.05, 0) is 29.8 Å². The van der Waals surface area contributed by atoms with Gasteiger partial charge in [0.2, 0.25) is 0 Å². The zero-order valence-electron chi connectivity index (χ0n) is 16.8. The second-order valence-electron chi connectivity index (χ2n) is 6.80. The molecule has 0 aliphatic carbocycles. The monoisotopic (exact) mass is 386 g/mol. The lowest BCUT2D eigenvalue weighted by Gasteiger charge is -2.26. The van der Waals surface area contributed by atoms with Crippen molar-refractivity contribution in [2.45, 2.75) is 19.3 Å². The van der Waals surface area contributed by atoms with Gasteiger partial charge in [-0.3, -0.25) is 0 Å². The van der Waals surface area contributed by atoms with Crippen LogP contribution in [0.1, 0.15) is 29.8 Å². The Hall–Kier alpha value is -3.22. The standard InChI is InChI=1S/C21H26N2O5/c1-21(2,14-10-11-17(26-3)18(12-14)27-4)13-22-20(25)23-16-9-7-6-8-15(16)19(24)28-5/h6-12H,13H2,1-5H3,(H2,22,23,25). The van der Waals surface area contributed by atoms with Crippen molar-refractivity contribution < 1.29 is 23.8 Å². The van der Waals surface area contributed by atoms with E-state index >= 15 is 0 Å². The first-order valence-corrected chi connectivity index (χ1v) is 8.77. The van der Waals surface area contributed by atoms with Crippen LogP contribution in [0.25, 0.3) is 0 Å². The Morgan fingerprint density at radius 3 is 2.29 bits per heavy atom. The van der Waals surface area contributed by atoms with Crippen molar-refractivity contribution >= 4 is 17.7 Å². The summed E-state index contributed by atoms with van der Waals surface area (Å²) in [5.41, 5.74) is 1.30. The van der Waals surface area contributed by atoms with Crippen LogP contribution < -0.4 is 20.1 Å². The van der Waals surface area contributed by atoms with Gasteiger partial charge >= 0.3 is 12.0 Å². The molecule has 7 nitrogen and oxygen atoms in total. The number of rotatable bonds is 7. The van der Waals surface area contributed by atoms with Crippen LogP contribution in [0.2, 0.25) is 0 Å². The van der Waals surface area contributed by atoms with Crippen molar-refractivity contribution in [1.82, 2.24) is 5.32 Å². The van der Waals surface area contributed by atoms with Gasteiger partial charge in [-0.15, -0.1) is 0 Å². The van der Waals surface area contributed by atoms with Gasteiger partial charge in [0, 0.05) is 12.0 Å². The maximum Gasteiger partial charge on any atom is 0.339 e. The van der Waals surface area contributed by atoms with E-state index in [1.54, 1.807) is 38.5 Å². The van der Waals surface area contributed by atoms with Crippen molar-refractivity contribution in [3.8, 4) is 11.5 Å². The van der Waals surface area contributed by atoms with Crippen molar-refractivity contribution in [1.29, 1.82) is 0 Å². The first-order valence-electron chi connectivity index (χ1n) is 8.77. The van der Waals surface area contributed by atoms with Crippen LogP contribution in [0.5, 0.6) is 11.5 Å². The van der Waals surface area contributed by atoms with E-state index in [0.29, 0.717) is 29.3 Å². The van der Waals surface area contributed by atoms with Crippen LogP contribution in [0, 0.1) is 0 Å². The van der Waals surface area contributed by atoms with E-state index in [4.69, 9.17) is 14.2 Å². The molecule has 0 aromatic heterocycles. The molecule has 0 heterocycles. The van der Waals surface area contributed by atoms with Gasteiger partial charge in [-0.2, -0.15) is 0 Å². The number of methoxy groups -OCH3 is 3. The molecule has 0 unspecified atom stereocenters. The number of hydrogen-bond acceptors (Lipinski definition) is 5. The number of urea groups is 1. The highest BCUT2D eigenvalue weighted by Gasteiger charge is 2.23. The van der Waals surface area contributed by atoms with E-state index in [-0.39, 0.29) is 5.41 Å². The highest BCUT2D eigenvalue weighted by molar-refractivity contribution is 6.00. The number of amides is 2. The van der Waals surface area contributed by atoms with Gasteiger partial charge in [0.05, 0.1) is 32.6 Å². The molecule has 0 aliphatic rings. The highest BCUT2D eigenvalue weighted by atomic mass is 16.5. The molecule has 0 saturated heterocycles. The van der Waals surface area contributed by atoms with E-state index in [1.165, 1.54) is 7.11 Å². The largest absolute Gasteiger partial charge is 0.493 e. The molecule has 0 radical (unpaired) electrons. The van der Waals surface area contributed by atoms with E-state index in [9.17, 15) is 9.59 Å². The van der Waals surface area contributed by atoms with Gasteiger partial charge in [-0.1, -0.05) is 32.0 Å². The number of anilines is 1. The first-order chi connectivity index (χ1) is 13.3. The Morgan fingerprint density at radius 1 is 0.964 bits per heavy atom. The highest BCUT2D eigenvalue weighted by Crippen LogP contribution is 2.32. The summed E-state index contributed by atoms with van der Waals surface area (Å²) in [4.78, 5) is 24.2. The van der Waals surface area contributed by atoms with Gasteiger partial charge in [0.25, 0.3) is 0 Å². The normalized spacial score (nSPS) is 10.8. The zero-order chi connectivity index (χ0) is 20.7. The molecule has 2 rings (SSSR count). The third-order valence-corrected chi connectivity index (χ3v) is 4.44. The smallest absolute Gasteiger partial charge is 0.339 e. The van der Waals surface area contributed by atoms with Gasteiger partial charge in [0.1, 0.15) is 0 Å². The number of hydrogen-bond donors (Lipinski definition) is 2. The fourth-order valence-corrected chi connectivity index (χ4v) is 2.71. The lowest BCUT2D eigenvalue weighted by atomic mass is 9.84. The number of para-hydroxylation sites is 1. The number of nitrogens with one attached hydrogen (secondary N) is 2. The second kappa shape index (κ2) is 9.12. The minimum Gasteiger partial charge on any atom is -0.493 e. The van der Waals surface area contributed by atoms with E-state index in [2.05, 4.69) is 10.6 Å². The van der Waals surface area contributed by atoms with Gasteiger partial charge < -0.3 is 24.8 Å². The molecule has 0 spiro atoms. The topological polar surface area (TPSA) is 85.9 Å². The zero-order valence-corrected chi connectivity index (χ0v) is 16.8. The van der Waals surface area contributed by atoms with Crippen LogP contribution >= 0.6 is 0 Å². The Kier molecular flexibility index (Phi) is 6.87. The maximum absolute atomic E-state index is 12.4. The summed E-state index contributed by atoms with van der Waals surface area (Å²) < 4.78 is 15.4. The van der Waals surface area contributed by atoms with E-state index in [1.807, 2.05) is 32.0 Å². The maximum atomic E-state index is 12.4. The Morgan fingerprint density at radius 2 is 1.64 bits per heavy atom. The molecule has 0 bridgehead atoms. The molecule has 2 amide bonds. The second-order valence-corrected chi connectivity index (χ2v) is 6.80. The molecule has 28 heavy (non-hydrogen) atoms. The summed E-state index contributed by atoms with van der Waals surface area (Å²) in [6.07, 6.45) is 0. The van der Waals surface area contributed by atoms with Crippen LogP contribution in [0.15, 0.2) is 42.5 Å². The van der Waals surface area contributed by atoms with Gasteiger partial charge in [-0.25, -0.2) is 9.59 Å². The summed E-state index contributed by atoms with van der Waals surface area (Å²) in [6, 6.07) is 11.9. The van der Waals surface area contributed by atoms with Crippen molar-refractivity contribution in [2.75, 3.05) is 33.2 Å². The Balaban J connectivity index is 2.07. The quantitative estimate of drug-likeness (QED) is 0.710. The molecular formula is C21H26N2O5. The number of carbonyl (C=O) groups excluding carboxylic acids is 2. The Bertz CT molecular complexity index is 848. The Labute approximate surface area is 165 Å². The predicted octanol–water partition coefficient (Wildman–Crippen LogP) is 3.59. The minimum absolute atomic E-state index is 0.291. The van der Waals surface area contributed by atoms with Crippen molar-refractivity contribution in [2.24, 2.45) is 0 Å². The summed E-state index contributed by atoms with van der Waals surface area (Å²) >= 11 is 0. The summed E-state index contributed by atoms with van der Waals surface area (Å²) in [7, 11) is 4.46. The first kappa shape index (κ1) is 21.1. The number of ether oxygens (including phenoxy) is 3. The molecular weight excluding hydrogens is 360 g/mol. The lowest BCUT2D eigenvalue weighted by molar-refractivity contribution is 0.0602. The fourth-order valence-electron chi connectivity index (χ4n) is 2.71. The SMILES string of the molecule is COC(=O)c1ccccc1NC(=O)NCC(C)(C)c1ccc(OC)c(OC)c1. The summed E-state index contributed by atoms with van der Waals surface area (Å²) in [6.45, 7) is 4.39. The number of esters is 1. The average Bonchev–Trinajstić information content (AvgIpc) is 2.71. The molecule has 0 atom stereocenters. The lowest BCUT2D eigenvalue weighted by Crippen LogP contribution is -2.39. The van der Waals surface area contributed by atoms with Crippen molar-refractivity contribution in [3.63, 3.8) is 0 Å². The fraction of sp³-hybridized carbons (Fsp3) is 0.333. The van der Waals surface area contributed by atoms with Crippen LogP contribution in [-0.2, 0) is 10.2 Å². The minimum atomic E-state index is -0.512. The number of benzene rings is 2. The van der Waals surface area contributed by atoms with Crippen molar-refractivity contribution in [3.05, 3.63) is 53.6 Å². The molecule has 150 valence electrons. The molecule has 2 N–H and O–H groups in total. The average molecular weight is 386 g/mol. The summed E-state index contributed by atoms with van der Waals surface area (Å²) in [5, 5.41) is 5.54. The molecule has 0 saturated carbocycles. The van der Waals surface area contributed by atoms with Crippen LogP contribution in [-0.4, -0.2) is 39.9 Å². The summed E-state index contributed by atoms with van der Waals surface area (Å²) in [5.74, 6) is 0.762. The predicted molar refractivity (Wildman–Crippen MR) is 107 cm³/mol. The number of carbonyl (C=O) groups is 2. The van der Waals surface area contributed by atoms with E-state index in [0.717, 1.165) is 5.56 Å². The van der Waals surface area contributed by atoms with Crippen LogP contribution in [0.3, 0.4) is 0 Å². The third-order valence-electron chi connectivity index (χ3n) is 4.44.